The molecule has 1 aromatic rings. The van der Waals surface area contributed by atoms with Crippen LogP contribution in [-0.4, -0.2) is 40.9 Å². The first-order chi connectivity index (χ1) is 14.1. The van der Waals surface area contributed by atoms with Gasteiger partial charge in [-0.3, -0.25) is 19.8 Å². The van der Waals surface area contributed by atoms with E-state index < -0.39 is 17.4 Å². The van der Waals surface area contributed by atoms with E-state index in [0.29, 0.717) is 24.1 Å². The molecule has 0 spiro atoms. The van der Waals surface area contributed by atoms with Gasteiger partial charge in [-0.1, -0.05) is 29.4 Å². The lowest BCUT2D eigenvalue weighted by molar-refractivity contribution is -0.137. The number of hydrogen-bond acceptors (Lipinski definition) is 4. The minimum atomic E-state index is -0.862. The van der Waals surface area contributed by atoms with Gasteiger partial charge in [-0.2, -0.15) is 0 Å². The Labute approximate surface area is 174 Å². The first kappa shape index (κ1) is 22.7. The maximum absolute atomic E-state index is 12.4. The summed E-state index contributed by atoms with van der Waals surface area (Å²) in [5.41, 5.74) is 7.36. The van der Waals surface area contributed by atoms with Crippen LogP contribution in [-0.2, 0) is 9.59 Å². The molecule has 9 heteroatoms. The zero-order valence-corrected chi connectivity index (χ0v) is 17.0. The lowest BCUT2D eigenvalue weighted by Crippen LogP contribution is -2.49. The summed E-state index contributed by atoms with van der Waals surface area (Å²) in [6.45, 7) is 3.55. The van der Waals surface area contributed by atoms with Gasteiger partial charge in [0, 0.05) is 17.7 Å². The standard InChI is InChI=1S/C21H27N5O4/c1-13-8-14(6-7-18(28)29)11-21(2,10-13)26-17(27)12-24-19(30)15-4-3-5-16(9-15)25-20(22)23/h3-5,8-10H,6-7,11-12H2,1-2H3,(H,24,30)(H,26,27)(H,28,29)(H4,22,23,25). The highest BCUT2D eigenvalue weighted by Gasteiger charge is 2.28. The van der Waals surface area contributed by atoms with Crippen LogP contribution in [0.4, 0.5) is 5.69 Å². The lowest BCUT2D eigenvalue weighted by Gasteiger charge is -2.32. The van der Waals surface area contributed by atoms with Crippen molar-refractivity contribution in [1.29, 1.82) is 5.41 Å². The van der Waals surface area contributed by atoms with Gasteiger partial charge in [0.05, 0.1) is 12.1 Å². The Morgan fingerprint density at radius 1 is 1.30 bits per heavy atom. The van der Waals surface area contributed by atoms with Gasteiger partial charge in [0.25, 0.3) is 5.91 Å². The largest absolute Gasteiger partial charge is 0.481 e. The minimum absolute atomic E-state index is 0.0384. The highest BCUT2D eigenvalue weighted by Crippen LogP contribution is 2.28. The Bertz CT molecular complexity index is 922. The Morgan fingerprint density at radius 2 is 2.03 bits per heavy atom. The predicted molar refractivity (Wildman–Crippen MR) is 114 cm³/mol. The first-order valence-corrected chi connectivity index (χ1v) is 9.47. The fraction of sp³-hybridized carbons (Fsp3) is 0.333. The first-order valence-electron chi connectivity index (χ1n) is 9.47. The van der Waals surface area contributed by atoms with Gasteiger partial charge >= 0.3 is 5.97 Å². The van der Waals surface area contributed by atoms with Crippen molar-refractivity contribution in [1.82, 2.24) is 10.6 Å². The van der Waals surface area contributed by atoms with E-state index in [-0.39, 0.29) is 24.8 Å². The number of nitrogens with two attached hydrogens (primary N) is 1. The Balaban J connectivity index is 1.92. The Kier molecular flexibility index (Phi) is 7.35. The predicted octanol–water partition coefficient (Wildman–Crippen LogP) is 1.74. The van der Waals surface area contributed by atoms with Crippen LogP contribution in [0, 0.1) is 5.41 Å². The zero-order chi connectivity index (χ0) is 22.3. The summed E-state index contributed by atoms with van der Waals surface area (Å²) >= 11 is 0. The Hall–Kier alpha value is -3.62. The quantitative estimate of drug-likeness (QED) is 0.281. The molecule has 0 bridgehead atoms. The second-order valence-corrected chi connectivity index (χ2v) is 7.53. The van der Waals surface area contributed by atoms with E-state index in [1.807, 2.05) is 26.0 Å². The fourth-order valence-corrected chi connectivity index (χ4v) is 3.47. The smallest absolute Gasteiger partial charge is 0.303 e. The molecule has 0 fully saturated rings. The van der Waals surface area contributed by atoms with Gasteiger partial charge in [-0.25, -0.2) is 0 Å². The highest BCUT2D eigenvalue weighted by atomic mass is 16.4. The number of aliphatic carboxylic acids is 1. The number of anilines is 1. The molecule has 0 aromatic heterocycles. The molecule has 1 atom stereocenters. The second-order valence-electron chi connectivity index (χ2n) is 7.53. The van der Waals surface area contributed by atoms with Gasteiger partial charge in [0.15, 0.2) is 5.96 Å². The molecule has 2 rings (SSSR count). The van der Waals surface area contributed by atoms with E-state index in [2.05, 4.69) is 16.0 Å². The number of carboxylic acid groups (broad SMARTS) is 1. The van der Waals surface area contributed by atoms with Crippen molar-refractivity contribution in [2.24, 2.45) is 5.73 Å². The summed E-state index contributed by atoms with van der Waals surface area (Å²) in [7, 11) is 0. The molecule has 30 heavy (non-hydrogen) atoms. The van der Waals surface area contributed by atoms with Crippen LogP contribution < -0.4 is 21.7 Å². The van der Waals surface area contributed by atoms with Crippen molar-refractivity contribution < 1.29 is 19.5 Å². The van der Waals surface area contributed by atoms with Crippen LogP contribution in [0.1, 0.15) is 43.5 Å². The molecule has 0 heterocycles. The van der Waals surface area contributed by atoms with Gasteiger partial charge in [0.1, 0.15) is 0 Å². The molecular formula is C21H27N5O4. The number of rotatable bonds is 8. The number of amides is 2. The van der Waals surface area contributed by atoms with Crippen LogP contribution >= 0.6 is 0 Å². The normalized spacial score (nSPS) is 17.9. The topological polar surface area (TPSA) is 157 Å². The van der Waals surface area contributed by atoms with Gasteiger partial charge in [-0.05, 0) is 44.9 Å². The van der Waals surface area contributed by atoms with E-state index in [1.165, 1.54) is 6.07 Å². The molecule has 0 saturated heterocycles. The average molecular weight is 413 g/mol. The number of nitrogens with one attached hydrogen (secondary N) is 4. The molecule has 0 aliphatic heterocycles. The molecule has 7 N–H and O–H groups in total. The van der Waals surface area contributed by atoms with Crippen molar-refractivity contribution in [3.63, 3.8) is 0 Å². The second kappa shape index (κ2) is 9.73. The van der Waals surface area contributed by atoms with E-state index in [9.17, 15) is 14.4 Å². The van der Waals surface area contributed by atoms with Crippen molar-refractivity contribution in [2.45, 2.75) is 38.6 Å². The third-order valence-electron chi connectivity index (χ3n) is 4.47. The summed E-state index contributed by atoms with van der Waals surface area (Å²) in [6.07, 6.45) is 4.84. The maximum Gasteiger partial charge on any atom is 0.303 e. The number of guanidine groups is 1. The molecule has 9 nitrogen and oxygen atoms in total. The summed E-state index contributed by atoms with van der Waals surface area (Å²) in [4.78, 5) is 35.6. The van der Waals surface area contributed by atoms with Gasteiger partial charge < -0.3 is 26.8 Å². The number of carbonyl (C=O) groups excluding carboxylic acids is 2. The molecule has 2 amide bonds. The summed E-state index contributed by atoms with van der Waals surface area (Å²) < 4.78 is 0. The highest BCUT2D eigenvalue weighted by molar-refractivity contribution is 5.98. The third-order valence-corrected chi connectivity index (χ3v) is 4.47. The van der Waals surface area contributed by atoms with E-state index in [1.54, 1.807) is 18.2 Å². The molecule has 160 valence electrons. The number of benzene rings is 1. The molecule has 1 aromatic carbocycles. The summed E-state index contributed by atoms with van der Waals surface area (Å²) in [6, 6.07) is 6.43. The number of carbonyl (C=O) groups is 3. The van der Waals surface area contributed by atoms with Crippen molar-refractivity contribution >= 4 is 29.4 Å². The van der Waals surface area contributed by atoms with Crippen molar-refractivity contribution in [3.05, 3.63) is 53.1 Å². The summed E-state index contributed by atoms with van der Waals surface area (Å²) in [5, 5.41) is 24.2. The van der Waals surface area contributed by atoms with Crippen LogP contribution in [0.5, 0.6) is 0 Å². The average Bonchev–Trinajstić information content (AvgIpc) is 2.63. The van der Waals surface area contributed by atoms with Gasteiger partial charge in [0.2, 0.25) is 5.91 Å². The van der Waals surface area contributed by atoms with E-state index in [0.717, 1.165) is 11.1 Å². The summed E-state index contributed by atoms with van der Waals surface area (Å²) in [5.74, 6) is -1.89. The monoisotopic (exact) mass is 413 g/mol. The lowest BCUT2D eigenvalue weighted by atomic mass is 9.83. The Morgan fingerprint density at radius 3 is 2.70 bits per heavy atom. The van der Waals surface area contributed by atoms with Crippen LogP contribution in [0.2, 0.25) is 0 Å². The number of carboxylic acids is 1. The van der Waals surface area contributed by atoms with E-state index in [4.69, 9.17) is 16.2 Å². The maximum atomic E-state index is 12.4. The van der Waals surface area contributed by atoms with Crippen LogP contribution in [0.15, 0.2) is 47.6 Å². The molecular weight excluding hydrogens is 386 g/mol. The molecule has 0 saturated carbocycles. The minimum Gasteiger partial charge on any atom is -0.481 e. The van der Waals surface area contributed by atoms with Crippen LogP contribution in [0.3, 0.4) is 0 Å². The molecule has 1 aliphatic carbocycles. The van der Waals surface area contributed by atoms with Crippen molar-refractivity contribution in [2.75, 3.05) is 11.9 Å². The van der Waals surface area contributed by atoms with Gasteiger partial charge in [-0.15, -0.1) is 0 Å². The molecule has 1 unspecified atom stereocenters. The van der Waals surface area contributed by atoms with Crippen molar-refractivity contribution in [3.8, 4) is 0 Å². The van der Waals surface area contributed by atoms with Crippen LogP contribution in [0.25, 0.3) is 0 Å². The fourth-order valence-electron chi connectivity index (χ4n) is 3.47. The number of hydrogen-bond donors (Lipinski definition) is 6. The third kappa shape index (κ3) is 7.08. The number of allylic oxidation sites excluding steroid dienone is 2. The molecule has 1 aliphatic rings. The zero-order valence-electron chi connectivity index (χ0n) is 17.0. The SMILES string of the molecule is CC1=CC(C)(NC(=O)CNC(=O)c2cccc(NC(=N)N)c2)CC(CCC(=O)O)=C1. The van der Waals surface area contributed by atoms with E-state index >= 15 is 0 Å². The molecule has 0 radical (unpaired) electrons.